The molecule has 0 aliphatic carbocycles. The molecule has 0 rings (SSSR count). The second-order valence-corrected chi connectivity index (χ2v) is 5.08. The molecule has 0 fully saturated rings. The molecule has 2 atom stereocenters. The van der Waals surface area contributed by atoms with Crippen LogP contribution in [0, 0.1) is 0 Å². The highest BCUT2D eigenvalue weighted by Gasteiger charge is 2.10. The van der Waals surface area contributed by atoms with E-state index in [0.29, 0.717) is 13.0 Å². The lowest BCUT2D eigenvalue weighted by Gasteiger charge is -2.15. The second-order valence-electron chi connectivity index (χ2n) is 5.08. The van der Waals surface area contributed by atoms with Crippen molar-refractivity contribution in [3.05, 3.63) is 0 Å². The Bertz CT molecular complexity index is 208. The Balaban J connectivity index is 3.32. The van der Waals surface area contributed by atoms with Gasteiger partial charge in [0.1, 0.15) is 0 Å². The lowest BCUT2D eigenvalue weighted by atomic mass is 10.1. The van der Waals surface area contributed by atoms with E-state index >= 15 is 0 Å². The molecule has 0 saturated carbocycles. The third-order valence-electron chi connectivity index (χ3n) is 3.16. The molecule has 0 aromatic carbocycles. The molecule has 0 aromatic rings. The number of hydrogen-bond acceptors (Lipinski definition) is 3. The van der Waals surface area contributed by atoms with Crippen LogP contribution in [-0.2, 0) is 4.79 Å². The van der Waals surface area contributed by atoms with Gasteiger partial charge >= 0.3 is 0 Å². The summed E-state index contributed by atoms with van der Waals surface area (Å²) < 4.78 is 0. The molecule has 18 heavy (non-hydrogen) atoms. The minimum Gasteiger partial charge on any atom is -0.392 e. The molecule has 0 bridgehead atoms. The molecule has 4 N–H and O–H groups in total. The maximum Gasteiger partial charge on any atom is 0.220 e. The topological polar surface area (TPSA) is 75.4 Å². The number of nitrogens with one attached hydrogen (secondary N) is 1. The van der Waals surface area contributed by atoms with Gasteiger partial charge in [0.2, 0.25) is 5.91 Å². The maximum atomic E-state index is 11.5. The number of hydrogen-bond donors (Lipinski definition) is 3. The Morgan fingerprint density at radius 3 is 2.28 bits per heavy atom. The van der Waals surface area contributed by atoms with Gasteiger partial charge in [-0.2, -0.15) is 0 Å². The summed E-state index contributed by atoms with van der Waals surface area (Å²) in [4.78, 5) is 11.5. The van der Waals surface area contributed by atoms with Gasteiger partial charge in [0.05, 0.1) is 6.10 Å². The number of carbonyl (C=O) groups excluding carboxylic acids is 1. The molecule has 0 heterocycles. The van der Waals surface area contributed by atoms with Crippen LogP contribution in [0.5, 0.6) is 0 Å². The van der Waals surface area contributed by atoms with Crippen LogP contribution >= 0.6 is 0 Å². The molecule has 4 nitrogen and oxygen atoms in total. The minimum absolute atomic E-state index is 0.0414. The fraction of sp³-hybridized carbons (Fsp3) is 0.929. The van der Waals surface area contributed by atoms with Gasteiger partial charge in [-0.3, -0.25) is 4.79 Å². The Kier molecular flexibility index (Phi) is 11.1. The zero-order chi connectivity index (χ0) is 13.8. The molecule has 108 valence electrons. The number of unbranched alkanes of at least 4 members (excludes halogenated alkanes) is 6. The number of amides is 1. The number of carbonyl (C=O) groups is 1. The third-order valence-corrected chi connectivity index (χ3v) is 3.16. The van der Waals surface area contributed by atoms with Crippen molar-refractivity contribution < 1.29 is 9.90 Å². The van der Waals surface area contributed by atoms with Crippen LogP contribution in [0.15, 0.2) is 0 Å². The third kappa shape index (κ3) is 10.5. The molecule has 0 aliphatic heterocycles. The fourth-order valence-electron chi connectivity index (χ4n) is 1.73. The van der Waals surface area contributed by atoms with Crippen molar-refractivity contribution in [3.63, 3.8) is 0 Å². The SMILES string of the molecule is CCCCCCCCCC(=O)NCC(N)C(C)O. The van der Waals surface area contributed by atoms with E-state index in [1.165, 1.54) is 32.1 Å². The van der Waals surface area contributed by atoms with E-state index in [1.807, 2.05) is 0 Å². The first-order valence-corrected chi connectivity index (χ1v) is 7.28. The Morgan fingerprint density at radius 2 is 1.72 bits per heavy atom. The normalized spacial score (nSPS) is 14.2. The predicted octanol–water partition coefficient (Wildman–Crippen LogP) is 1.95. The molecule has 4 heteroatoms. The van der Waals surface area contributed by atoms with E-state index < -0.39 is 6.10 Å². The molecular formula is C14H30N2O2. The van der Waals surface area contributed by atoms with E-state index in [0.717, 1.165) is 12.8 Å². The summed E-state index contributed by atoms with van der Waals surface area (Å²) in [6.07, 6.45) is 8.46. The van der Waals surface area contributed by atoms with E-state index in [1.54, 1.807) is 6.92 Å². The van der Waals surface area contributed by atoms with E-state index in [9.17, 15) is 9.90 Å². The first-order chi connectivity index (χ1) is 8.57. The van der Waals surface area contributed by atoms with Gasteiger partial charge < -0.3 is 16.2 Å². The van der Waals surface area contributed by atoms with Crippen molar-refractivity contribution in [2.24, 2.45) is 5.73 Å². The standard InChI is InChI=1S/C14H30N2O2/c1-3-4-5-6-7-8-9-10-14(18)16-11-13(15)12(2)17/h12-13,17H,3-11,15H2,1-2H3,(H,16,18). The van der Waals surface area contributed by atoms with Gasteiger partial charge in [-0.15, -0.1) is 0 Å². The predicted molar refractivity (Wildman–Crippen MR) is 75.3 cm³/mol. The van der Waals surface area contributed by atoms with Crippen LogP contribution in [0.1, 0.15) is 65.2 Å². The van der Waals surface area contributed by atoms with Crippen LogP contribution < -0.4 is 11.1 Å². The summed E-state index contributed by atoms with van der Waals surface area (Å²) >= 11 is 0. The summed E-state index contributed by atoms with van der Waals surface area (Å²) in [7, 11) is 0. The number of aliphatic hydroxyl groups excluding tert-OH is 1. The Labute approximate surface area is 111 Å². The number of rotatable bonds is 11. The molecule has 0 radical (unpaired) electrons. The maximum absolute atomic E-state index is 11.5. The summed E-state index contributed by atoms with van der Waals surface area (Å²) in [5.41, 5.74) is 5.62. The molecule has 0 saturated heterocycles. The van der Waals surface area contributed by atoms with Crippen molar-refractivity contribution in [3.8, 4) is 0 Å². The van der Waals surface area contributed by atoms with Crippen molar-refractivity contribution in [1.29, 1.82) is 0 Å². The number of aliphatic hydroxyl groups is 1. The lowest BCUT2D eigenvalue weighted by Crippen LogP contribution is -2.43. The van der Waals surface area contributed by atoms with Crippen LogP contribution in [0.25, 0.3) is 0 Å². The molecule has 0 aliphatic rings. The summed E-state index contributed by atoms with van der Waals surface area (Å²) in [5, 5.41) is 11.9. The minimum atomic E-state index is -0.580. The summed E-state index contributed by atoms with van der Waals surface area (Å²) in [6, 6.07) is -0.372. The van der Waals surface area contributed by atoms with Crippen LogP contribution in [0.3, 0.4) is 0 Å². The average molecular weight is 258 g/mol. The Morgan fingerprint density at radius 1 is 1.17 bits per heavy atom. The molecule has 0 spiro atoms. The van der Waals surface area contributed by atoms with E-state index in [-0.39, 0.29) is 11.9 Å². The molecule has 0 aromatic heterocycles. The van der Waals surface area contributed by atoms with Gasteiger partial charge in [-0.05, 0) is 13.3 Å². The van der Waals surface area contributed by atoms with Crippen LogP contribution in [0.2, 0.25) is 0 Å². The van der Waals surface area contributed by atoms with Gasteiger partial charge in [-0.1, -0.05) is 45.4 Å². The van der Waals surface area contributed by atoms with Gasteiger partial charge in [0.15, 0.2) is 0 Å². The summed E-state index contributed by atoms with van der Waals surface area (Å²) in [5.74, 6) is 0.0414. The number of nitrogens with two attached hydrogens (primary N) is 1. The van der Waals surface area contributed by atoms with Crippen molar-refractivity contribution in [2.45, 2.75) is 77.4 Å². The average Bonchev–Trinajstić information content (AvgIpc) is 2.34. The Hall–Kier alpha value is -0.610. The zero-order valence-electron chi connectivity index (χ0n) is 12.0. The monoisotopic (exact) mass is 258 g/mol. The highest BCUT2D eigenvalue weighted by Crippen LogP contribution is 2.08. The van der Waals surface area contributed by atoms with Crippen molar-refractivity contribution in [1.82, 2.24) is 5.32 Å². The van der Waals surface area contributed by atoms with Gasteiger partial charge in [0.25, 0.3) is 0 Å². The first-order valence-electron chi connectivity index (χ1n) is 7.28. The van der Waals surface area contributed by atoms with Gasteiger partial charge in [-0.25, -0.2) is 0 Å². The lowest BCUT2D eigenvalue weighted by molar-refractivity contribution is -0.121. The highest BCUT2D eigenvalue weighted by molar-refractivity contribution is 5.75. The van der Waals surface area contributed by atoms with Crippen LogP contribution in [-0.4, -0.2) is 29.7 Å². The smallest absolute Gasteiger partial charge is 0.220 e. The largest absolute Gasteiger partial charge is 0.392 e. The second kappa shape index (κ2) is 11.5. The molecule has 2 unspecified atom stereocenters. The van der Waals surface area contributed by atoms with Gasteiger partial charge in [0, 0.05) is 19.0 Å². The van der Waals surface area contributed by atoms with E-state index in [2.05, 4.69) is 12.2 Å². The van der Waals surface area contributed by atoms with Crippen molar-refractivity contribution in [2.75, 3.05) is 6.54 Å². The summed E-state index contributed by atoms with van der Waals surface area (Å²) in [6.45, 7) is 4.20. The first kappa shape index (κ1) is 17.4. The quantitative estimate of drug-likeness (QED) is 0.496. The molecular weight excluding hydrogens is 228 g/mol. The fourth-order valence-corrected chi connectivity index (χ4v) is 1.73. The molecule has 1 amide bonds. The van der Waals surface area contributed by atoms with Crippen molar-refractivity contribution >= 4 is 5.91 Å². The zero-order valence-corrected chi connectivity index (χ0v) is 12.0. The van der Waals surface area contributed by atoms with Crippen LogP contribution in [0.4, 0.5) is 0 Å². The van der Waals surface area contributed by atoms with E-state index in [4.69, 9.17) is 5.73 Å². The highest BCUT2D eigenvalue weighted by atomic mass is 16.3.